The van der Waals surface area contributed by atoms with Crippen LogP contribution in [0.2, 0.25) is 0 Å². The molecule has 1 rings (SSSR count). The number of halogens is 1. The van der Waals surface area contributed by atoms with Crippen molar-refractivity contribution in [3.05, 3.63) is 33.4 Å². The molecule has 0 bridgehead atoms. The molecule has 0 saturated carbocycles. The summed E-state index contributed by atoms with van der Waals surface area (Å²) in [4.78, 5) is 0. The van der Waals surface area contributed by atoms with E-state index in [0.717, 1.165) is 6.42 Å². The van der Waals surface area contributed by atoms with E-state index in [9.17, 15) is 0 Å². The third-order valence-corrected chi connectivity index (χ3v) is 2.82. The second-order valence-corrected chi connectivity index (χ2v) is 4.55. The summed E-state index contributed by atoms with van der Waals surface area (Å²) in [7, 11) is 0. The third kappa shape index (κ3) is 3.65. The number of benzene rings is 1. The Balaban J connectivity index is 2.60. The largest absolute Gasteiger partial charge is 0.324 e. The minimum atomic E-state index is 0.217. The van der Waals surface area contributed by atoms with Crippen molar-refractivity contribution >= 4 is 22.6 Å². The van der Waals surface area contributed by atoms with Crippen LogP contribution in [0.1, 0.15) is 37.8 Å². The summed E-state index contributed by atoms with van der Waals surface area (Å²) in [6.45, 7) is 2.20. The molecule has 0 unspecified atom stereocenters. The van der Waals surface area contributed by atoms with Crippen LogP contribution in [0.4, 0.5) is 0 Å². The molecule has 0 spiro atoms. The van der Waals surface area contributed by atoms with Crippen molar-refractivity contribution in [2.24, 2.45) is 5.73 Å². The first-order valence-corrected chi connectivity index (χ1v) is 5.83. The molecule has 0 heterocycles. The van der Waals surface area contributed by atoms with E-state index in [1.54, 1.807) is 0 Å². The molecule has 1 aromatic rings. The van der Waals surface area contributed by atoms with Crippen molar-refractivity contribution < 1.29 is 0 Å². The topological polar surface area (TPSA) is 26.0 Å². The Morgan fingerprint density at radius 2 is 2.23 bits per heavy atom. The van der Waals surface area contributed by atoms with Crippen LogP contribution in [0.3, 0.4) is 0 Å². The first-order valence-electron chi connectivity index (χ1n) is 4.75. The maximum Gasteiger partial charge on any atom is 0.0295 e. The number of unbranched alkanes of at least 4 members (excludes halogenated alkanes) is 1. The maximum absolute atomic E-state index is 6.05. The normalized spacial score (nSPS) is 12.8. The average Bonchev–Trinajstić information content (AvgIpc) is 2.14. The molecule has 0 saturated heterocycles. The number of hydrogen-bond acceptors (Lipinski definition) is 1. The van der Waals surface area contributed by atoms with Crippen molar-refractivity contribution in [3.63, 3.8) is 0 Å². The van der Waals surface area contributed by atoms with Crippen LogP contribution in [0.25, 0.3) is 0 Å². The summed E-state index contributed by atoms with van der Waals surface area (Å²) in [5, 5.41) is 0. The van der Waals surface area contributed by atoms with E-state index in [0.29, 0.717) is 0 Å². The second kappa shape index (κ2) is 5.60. The zero-order valence-corrected chi connectivity index (χ0v) is 10.1. The van der Waals surface area contributed by atoms with Crippen LogP contribution in [0, 0.1) is 3.57 Å². The predicted molar refractivity (Wildman–Crippen MR) is 65.6 cm³/mol. The van der Waals surface area contributed by atoms with Gasteiger partial charge >= 0.3 is 0 Å². The summed E-state index contributed by atoms with van der Waals surface area (Å²) < 4.78 is 1.27. The van der Waals surface area contributed by atoms with Crippen molar-refractivity contribution in [2.45, 2.75) is 32.2 Å². The van der Waals surface area contributed by atoms with Gasteiger partial charge in [0.2, 0.25) is 0 Å². The standard InChI is InChI=1S/C11H16IN/c1-2-3-7-11(13)9-5-4-6-10(12)8-9/h4-6,8,11H,2-3,7,13H2,1H3/t11-/m0/s1. The summed E-state index contributed by atoms with van der Waals surface area (Å²) in [6.07, 6.45) is 3.53. The lowest BCUT2D eigenvalue weighted by Gasteiger charge is -2.11. The highest BCUT2D eigenvalue weighted by Crippen LogP contribution is 2.18. The van der Waals surface area contributed by atoms with E-state index < -0.39 is 0 Å². The average molecular weight is 289 g/mol. The maximum atomic E-state index is 6.05. The van der Waals surface area contributed by atoms with Gasteiger partial charge < -0.3 is 5.73 Å². The zero-order chi connectivity index (χ0) is 9.68. The predicted octanol–water partition coefficient (Wildman–Crippen LogP) is 3.48. The molecule has 0 fully saturated rings. The number of rotatable bonds is 4. The lowest BCUT2D eigenvalue weighted by atomic mass is 10.0. The van der Waals surface area contributed by atoms with Gasteiger partial charge in [-0.3, -0.25) is 0 Å². The lowest BCUT2D eigenvalue weighted by Crippen LogP contribution is -2.09. The molecule has 0 radical (unpaired) electrons. The van der Waals surface area contributed by atoms with Gasteiger partial charge in [0.25, 0.3) is 0 Å². The molecular formula is C11H16IN. The van der Waals surface area contributed by atoms with Crippen LogP contribution in [0.15, 0.2) is 24.3 Å². The van der Waals surface area contributed by atoms with Crippen molar-refractivity contribution in [1.82, 2.24) is 0 Å². The molecule has 0 aliphatic carbocycles. The van der Waals surface area contributed by atoms with Gasteiger partial charge in [0.1, 0.15) is 0 Å². The fraction of sp³-hybridized carbons (Fsp3) is 0.455. The first-order chi connectivity index (χ1) is 6.24. The van der Waals surface area contributed by atoms with Crippen LogP contribution < -0.4 is 5.73 Å². The Hall–Kier alpha value is -0.0900. The molecule has 0 aliphatic heterocycles. The van der Waals surface area contributed by atoms with E-state index in [-0.39, 0.29) is 6.04 Å². The Labute approximate surface area is 93.9 Å². The fourth-order valence-electron chi connectivity index (χ4n) is 1.33. The van der Waals surface area contributed by atoms with Gasteiger partial charge in [0.05, 0.1) is 0 Å². The number of hydrogen-bond donors (Lipinski definition) is 1. The van der Waals surface area contributed by atoms with Gasteiger partial charge in [0, 0.05) is 9.61 Å². The zero-order valence-electron chi connectivity index (χ0n) is 7.96. The molecule has 13 heavy (non-hydrogen) atoms. The van der Waals surface area contributed by atoms with Crippen LogP contribution in [-0.2, 0) is 0 Å². The molecule has 0 aromatic heterocycles. The molecule has 1 atom stereocenters. The molecule has 0 amide bonds. The van der Waals surface area contributed by atoms with E-state index in [2.05, 4.69) is 53.8 Å². The smallest absolute Gasteiger partial charge is 0.0295 e. The Kier molecular flexibility index (Phi) is 4.73. The van der Waals surface area contributed by atoms with Gasteiger partial charge in [-0.15, -0.1) is 0 Å². The highest BCUT2D eigenvalue weighted by Gasteiger charge is 2.04. The summed E-state index contributed by atoms with van der Waals surface area (Å²) in [5.41, 5.74) is 7.31. The van der Waals surface area contributed by atoms with Gasteiger partial charge in [0.15, 0.2) is 0 Å². The third-order valence-electron chi connectivity index (χ3n) is 2.15. The SMILES string of the molecule is CCCC[C@H](N)c1cccc(I)c1. The highest BCUT2D eigenvalue weighted by atomic mass is 127. The van der Waals surface area contributed by atoms with Gasteiger partial charge in [-0.05, 0) is 46.7 Å². The molecule has 1 nitrogen and oxygen atoms in total. The van der Waals surface area contributed by atoms with E-state index in [1.165, 1.54) is 22.0 Å². The summed E-state index contributed by atoms with van der Waals surface area (Å²) in [6, 6.07) is 8.66. The quantitative estimate of drug-likeness (QED) is 0.844. The van der Waals surface area contributed by atoms with Crippen molar-refractivity contribution in [3.8, 4) is 0 Å². The second-order valence-electron chi connectivity index (χ2n) is 3.30. The molecular weight excluding hydrogens is 273 g/mol. The summed E-state index contributed by atoms with van der Waals surface area (Å²) in [5.74, 6) is 0. The molecule has 72 valence electrons. The minimum Gasteiger partial charge on any atom is -0.324 e. The van der Waals surface area contributed by atoms with Crippen LogP contribution in [-0.4, -0.2) is 0 Å². The highest BCUT2D eigenvalue weighted by molar-refractivity contribution is 14.1. The number of nitrogens with two attached hydrogens (primary N) is 1. The van der Waals surface area contributed by atoms with Crippen LogP contribution in [0.5, 0.6) is 0 Å². The Bertz CT molecular complexity index is 260. The Morgan fingerprint density at radius 3 is 2.85 bits per heavy atom. The lowest BCUT2D eigenvalue weighted by molar-refractivity contribution is 0.603. The molecule has 1 aromatic carbocycles. The minimum absolute atomic E-state index is 0.217. The van der Waals surface area contributed by atoms with Gasteiger partial charge in [-0.1, -0.05) is 31.9 Å². The first kappa shape index (κ1) is 11.0. The monoisotopic (exact) mass is 289 g/mol. The van der Waals surface area contributed by atoms with Crippen molar-refractivity contribution in [2.75, 3.05) is 0 Å². The molecule has 2 heteroatoms. The van der Waals surface area contributed by atoms with Crippen molar-refractivity contribution in [1.29, 1.82) is 0 Å². The molecule has 0 aliphatic rings. The van der Waals surface area contributed by atoms with E-state index in [1.807, 2.05) is 0 Å². The Morgan fingerprint density at radius 1 is 1.46 bits per heavy atom. The fourth-order valence-corrected chi connectivity index (χ4v) is 1.90. The van der Waals surface area contributed by atoms with Gasteiger partial charge in [-0.2, -0.15) is 0 Å². The van der Waals surface area contributed by atoms with E-state index >= 15 is 0 Å². The van der Waals surface area contributed by atoms with Crippen LogP contribution >= 0.6 is 22.6 Å². The molecule has 2 N–H and O–H groups in total. The van der Waals surface area contributed by atoms with E-state index in [4.69, 9.17) is 5.73 Å². The van der Waals surface area contributed by atoms with Gasteiger partial charge in [-0.25, -0.2) is 0 Å². The summed E-state index contributed by atoms with van der Waals surface area (Å²) >= 11 is 2.32.